The van der Waals surface area contributed by atoms with Crippen LogP contribution in [0.3, 0.4) is 0 Å². The molecule has 0 unspecified atom stereocenters. The molecule has 0 atom stereocenters. The van der Waals surface area contributed by atoms with E-state index < -0.39 is 5.97 Å². The molecule has 1 heterocycles. The molecule has 0 bridgehead atoms. The van der Waals surface area contributed by atoms with Crippen molar-refractivity contribution in [2.75, 3.05) is 19.5 Å². The highest BCUT2D eigenvalue weighted by Gasteiger charge is 2.13. The number of thiophene rings is 1. The van der Waals surface area contributed by atoms with Crippen molar-refractivity contribution in [1.29, 1.82) is 0 Å². The van der Waals surface area contributed by atoms with Crippen molar-refractivity contribution in [3.05, 3.63) is 46.2 Å². The number of methoxy groups -OCH3 is 1. The van der Waals surface area contributed by atoms with Crippen molar-refractivity contribution in [3.63, 3.8) is 0 Å². The van der Waals surface area contributed by atoms with Crippen LogP contribution in [-0.4, -0.2) is 19.7 Å². The van der Waals surface area contributed by atoms with Gasteiger partial charge in [-0.2, -0.15) is 0 Å². The van der Waals surface area contributed by atoms with Gasteiger partial charge in [0, 0.05) is 23.1 Å². The molecule has 2 N–H and O–H groups in total. The van der Waals surface area contributed by atoms with Crippen LogP contribution < -0.4 is 10.5 Å². The van der Waals surface area contributed by atoms with Gasteiger partial charge in [-0.25, -0.2) is 4.79 Å². The second-order valence-electron chi connectivity index (χ2n) is 3.93. The van der Waals surface area contributed by atoms with E-state index in [0.29, 0.717) is 23.6 Å². The Balaban J connectivity index is 2.05. The number of nitrogen functional groups attached to an aromatic ring is 1. The van der Waals surface area contributed by atoms with E-state index in [2.05, 4.69) is 6.07 Å². The molecule has 0 spiro atoms. The molecule has 0 saturated heterocycles. The fraction of sp³-hybridized carbons (Fsp3) is 0.214. The second kappa shape index (κ2) is 6.24. The molecular formula is C14H15NO3S. The highest BCUT2D eigenvalue weighted by molar-refractivity contribution is 7.09. The standard InChI is InChI=1S/C14H15NO3S/c1-17-14(16)12-5-4-10(15)9-13(12)18-7-6-11-3-2-8-19-11/h2-5,8-9H,6-7,15H2,1H3. The molecule has 0 aliphatic heterocycles. The van der Waals surface area contributed by atoms with Crippen LogP contribution in [0.2, 0.25) is 0 Å². The van der Waals surface area contributed by atoms with Gasteiger partial charge in [-0.3, -0.25) is 0 Å². The normalized spacial score (nSPS) is 10.2. The maximum atomic E-state index is 11.6. The van der Waals surface area contributed by atoms with Gasteiger partial charge in [0.25, 0.3) is 0 Å². The summed E-state index contributed by atoms with van der Waals surface area (Å²) in [5.41, 5.74) is 6.65. The molecule has 5 heteroatoms. The van der Waals surface area contributed by atoms with Crippen molar-refractivity contribution in [2.45, 2.75) is 6.42 Å². The Morgan fingerprint density at radius 1 is 1.37 bits per heavy atom. The summed E-state index contributed by atoms with van der Waals surface area (Å²) in [6, 6.07) is 8.95. The number of ether oxygens (including phenoxy) is 2. The Morgan fingerprint density at radius 2 is 2.21 bits per heavy atom. The molecule has 1 aromatic heterocycles. The zero-order valence-electron chi connectivity index (χ0n) is 10.6. The average Bonchev–Trinajstić information content (AvgIpc) is 2.91. The van der Waals surface area contributed by atoms with Crippen LogP contribution in [0, 0.1) is 0 Å². The molecule has 0 amide bonds. The maximum absolute atomic E-state index is 11.6. The van der Waals surface area contributed by atoms with E-state index in [4.69, 9.17) is 15.2 Å². The molecule has 0 saturated carbocycles. The summed E-state index contributed by atoms with van der Waals surface area (Å²) >= 11 is 1.68. The highest BCUT2D eigenvalue weighted by atomic mass is 32.1. The summed E-state index contributed by atoms with van der Waals surface area (Å²) in [4.78, 5) is 12.8. The van der Waals surface area contributed by atoms with Crippen molar-refractivity contribution in [1.82, 2.24) is 0 Å². The minimum atomic E-state index is -0.425. The first-order valence-electron chi connectivity index (χ1n) is 5.83. The molecule has 0 radical (unpaired) electrons. The fourth-order valence-corrected chi connectivity index (χ4v) is 2.34. The zero-order chi connectivity index (χ0) is 13.7. The molecule has 4 nitrogen and oxygen atoms in total. The van der Waals surface area contributed by atoms with Crippen LogP contribution in [0.15, 0.2) is 35.7 Å². The lowest BCUT2D eigenvalue weighted by atomic mass is 10.2. The summed E-state index contributed by atoms with van der Waals surface area (Å²) in [6.07, 6.45) is 0.799. The fourth-order valence-electron chi connectivity index (χ4n) is 1.65. The van der Waals surface area contributed by atoms with E-state index in [9.17, 15) is 4.79 Å². The number of esters is 1. The van der Waals surface area contributed by atoms with Crippen LogP contribution in [0.4, 0.5) is 5.69 Å². The van der Waals surface area contributed by atoms with Gasteiger partial charge < -0.3 is 15.2 Å². The van der Waals surface area contributed by atoms with Crippen LogP contribution in [0.25, 0.3) is 0 Å². The third-order valence-electron chi connectivity index (χ3n) is 2.60. The Bertz CT molecular complexity index is 552. The predicted octanol–water partition coefficient (Wildman–Crippen LogP) is 2.74. The number of rotatable bonds is 5. The number of benzene rings is 1. The van der Waals surface area contributed by atoms with Crippen molar-refractivity contribution in [3.8, 4) is 5.75 Å². The molecule has 19 heavy (non-hydrogen) atoms. The lowest BCUT2D eigenvalue weighted by Crippen LogP contribution is -2.08. The van der Waals surface area contributed by atoms with Crippen molar-refractivity contribution in [2.24, 2.45) is 0 Å². The van der Waals surface area contributed by atoms with Crippen molar-refractivity contribution < 1.29 is 14.3 Å². The average molecular weight is 277 g/mol. The number of carbonyl (C=O) groups excluding carboxylic acids is 1. The van der Waals surface area contributed by atoms with Gasteiger partial charge in [0.1, 0.15) is 11.3 Å². The van der Waals surface area contributed by atoms with Crippen LogP contribution in [0.1, 0.15) is 15.2 Å². The van der Waals surface area contributed by atoms with E-state index in [0.717, 1.165) is 6.42 Å². The summed E-state index contributed by atoms with van der Waals surface area (Å²) in [7, 11) is 1.34. The Hall–Kier alpha value is -2.01. The monoisotopic (exact) mass is 277 g/mol. The van der Waals surface area contributed by atoms with Crippen molar-refractivity contribution >= 4 is 23.0 Å². The molecular weight excluding hydrogens is 262 g/mol. The first-order chi connectivity index (χ1) is 9.20. The van der Waals surface area contributed by atoms with Gasteiger partial charge in [-0.15, -0.1) is 11.3 Å². The predicted molar refractivity (Wildman–Crippen MR) is 75.7 cm³/mol. The SMILES string of the molecule is COC(=O)c1ccc(N)cc1OCCc1cccs1. The van der Waals surface area contributed by atoms with E-state index in [1.807, 2.05) is 11.4 Å². The summed E-state index contributed by atoms with van der Waals surface area (Å²) in [5.74, 6) is 0.0366. The molecule has 0 aliphatic rings. The highest BCUT2D eigenvalue weighted by Crippen LogP contribution is 2.23. The van der Waals surface area contributed by atoms with E-state index in [1.165, 1.54) is 12.0 Å². The first-order valence-corrected chi connectivity index (χ1v) is 6.71. The van der Waals surface area contributed by atoms with E-state index >= 15 is 0 Å². The second-order valence-corrected chi connectivity index (χ2v) is 4.96. The van der Waals surface area contributed by atoms with Crippen LogP contribution >= 0.6 is 11.3 Å². The minimum absolute atomic E-state index is 0.392. The molecule has 1 aromatic carbocycles. The van der Waals surface area contributed by atoms with E-state index in [1.54, 1.807) is 29.5 Å². The number of carbonyl (C=O) groups is 1. The lowest BCUT2D eigenvalue weighted by Gasteiger charge is -2.10. The lowest BCUT2D eigenvalue weighted by molar-refractivity contribution is 0.0596. The third kappa shape index (κ3) is 3.48. The smallest absolute Gasteiger partial charge is 0.341 e. The Kier molecular flexibility index (Phi) is 4.41. The Morgan fingerprint density at radius 3 is 2.89 bits per heavy atom. The van der Waals surface area contributed by atoms with E-state index in [-0.39, 0.29) is 0 Å². The summed E-state index contributed by atoms with van der Waals surface area (Å²) < 4.78 is 10.4. The quantitative estimate of drug-likeness (QED) is 0.674. The number of anilines is 1. The molecule has 0 fully saturated rings. The van der Waals surface area contributed by atoms with Gasteiger partial charge >= 0.3 is 5.97 Å². The molecule has 2 rings (SSSR count). The molecule has 2 aromatic rings. The first kappa shape index (κ1) is 13.4. The van der Waals surface area contributed by atoms with Crippen LogP contribution in [-0.2, 0) is 11.2 Å². The third-order valence-corrected chi connectivity index (χ3v) is 3.53. The molecule has 0 aliphatic carbocycles. The van der Waals surface area contributed by atoms with Crippen LogP contribution in [0.5, 0.6) is 5.75 Å². The summed E-state index contributed by atoms with van der Waals surface area (Å²) in [5, 5.41) is 2.02. The number of hydrogen-bond donors (Lipinski definition) is 1. The maximum Gasteiger partial charge on any atom is 0.341 e. The molecule has 100 valence electrons. The number of hydrogen-bond acceptors (Lipinski definition) is 5. The van der Waals surface area contributed by atoms with Gasteiger partial charge in [0.2, 0.25) is 0 Å². The zero-order valence-corrected chi connectivity index (χ0v) is 11.4. The topological polar surface area (TPSA) is 61.5 Å². The van der Waals surface area contributed by atoms with Gasteiger partial charge in [-0.1, -0.05) is 6.07 Å². The number of nitrogens with two attached hydrogens (primary N) is 1. The summed E-state index contributed by atoms with van der Waals surface area (Å²) in [6.45, 7) is 0.494. The largest absolute Gasteiger partial charge is 0.492 e. The van der Waals surface area contributed by atoms with Gasteiger partial charge in [0.15, 0.2) is 0 Å². The minimum Gasteiger partial charge on any atom is -0.492 e. The Labute approximate surface area is 115 Å². The van der Waals surface area contributed by atoms with Gasteiger partial charge in [0.05, 0.1) is 13.7 Å². The van der Waals surface area contributed by atoms with Gasteiger partial charge in [-0.05, 0) is 23.6 Å².